The number of para-hydroxylation sites is 1. The molecule has 56 heavy (non-hydrogen) atoms. The molecule has 0 N–H and O–H groups in total. The summed E-state index contributed by atoms with van der Waals surface area (Å²) >= 11 is 1.84. The fourth-order valence-corrected chi connectivity index (χ4v) is 9.68. The maximum atomic E-state index is 5.40. The monoisotopic (exact) mass is 730 g/mol. The minimum absolute atomic E-state index is 0.582. The van der Waals surface area contributed by atoms with Crippen molar-refractivity contribution in [2.75, 3.05) is 0 Å². The van der Waals surface area contributed by atoms with Crippen LogP contribution in [0.3, 0.4) is 0 Å². The summed E-state index contributed by atoms with van der Waals surface area (Å²) < 4.78 is 4.87. The van der Waals surface area contributed by atoms with E-state index in [9.17, 15) is 0 Å². The van der Waals surface area contributed by atoms with Crippen LogP contribution in [0, 0.1) is 0 Å². The van der Waals surface area contributed by atoms with Crippen LogP contribution in [0.2, 0.25) is 0 Å². The first-order valence-electron chi connectivity index (χ1n) is 18.8. The van der Waals surface area contributed by atoms with Gasteiger partial charge >= 0.3 is 0 Å². The molecule has 0 atom stereocenters. The Hall–Kier alpha value is -7.21. The Bertz CT molecular complexity index is 3460. The molecule has 12 rings (SSSR count). The zero-order chi connectivity index (χ0) is 36.7. The van der Waals surface area contributed by atoms with Crippen LogP contribution >= 0.6 is 11.3 Å². The van der Waals surface area contributed by atoms with E-state index < -0.39 is 0 Å². The third kappa shape index (κ3) is 4.81. The van der Waals surface area contributed by atoms with Crippen molar-refractivity contribution >= 4 is 85.6 Å². The Morgan fingerprint density at radius 1 is 0.339 bits per heavy atom. The van der Waals surface area contributed by atoms with Gasteiger partial charge < -0.3 is 0 Å². The van der Waals surface area contributed by atoms with Crippen LogP contribution in [0.25, 0.3) is 114 Å². The van der Waals surface area contributed by atoms with Crippen molar-refractivity contribution in [2.24, 2.45) is 0 Å². The fraction of sp³-hybridized carbons (Fsp3) is 0. The third-order valence-corrected chi connectivity index (χ3v) is 12.3. The summed E-state index contributed by atoms with van der Waals surface area (Å²) in [6.45, 7) is 0. The Morgan fingerprint density at radius 3 is 1.61 bits per heavy atom. The van der Waals surface area contributed by atoms with E-state index in [0.717, 1.165) is 65.6 Å². The molecule has 0 aliphatic heterocycles. The van der Waals surface area contributed by atoms with Crippen molar-refractivity contribution in [2.45, 2.75) is 0 Å². The Labute approximate surface area is 325 Å². The van der Waals surface area contributed by atoms with E-state index in [1.54, 1.807) is 0 Å². The molecule has 0 fully saturated rings. The summed E-state index contributed by atoms with van der Waals surface area (Å²) in [5, 5.41) is 11.8. The van der Waals surface area contributed by atoms with E-state index in [4.69, 9.17) is 15.0 Å². The molecule has 5 heteroatoms. The third-order valence-electron chi connectivity index (χ3n) is 11.2. The molecule has 260 valence electrons. The van der Waals surface area contributed by atoms with E-state index in [-0.39, 0.29) is 0 Å². The molecule has 0 unspecified atom stereocenters. The molecular weight excluding hydrogens is 701 g/mol. The first-order valence-corrected chi connectivity index (χ1v) is 19.7. The maximum absolute atomic E-state index is 5.40. The van der Waals surface area contributed by atoms with Crippen molar-refractivity contribution in [1.29, 1.82) is 0 Å². The molecular formula is C51H30N4S. The van der Waals surface area contributed by atoms with Gasteiger partial charge in [-0.25, -0.2) is 4.98 Å². The zero-order valence-corrected chi connectivity index (χ0v) is 30.8. The molecule has 0 aliphatic carbocycles. The van der Waals surface area contributed by atoms with Crippen molar-refractivity contribution in [3.63, 3.8) is 0 Å². The molecule has 0 aliphatic rings. The highest BCUT2D eigenvalue weighted by atomic mass is 32.1. The molecule has 0 saturated heterocycles. The first-order chi connectivity index (χ1) is 27.7. The lowest BCUT2D eigenvalue weighted by Crippen LogP contribution is -2.07. The van der Waals surface area contributed by atoms with Crippen molar-refractivity contribution in [1.82, 2.24) is 19.5 Å². The van der Waals surface area contributed by atoms with Gasteiger partial charge in [0.1, 0.15) is 0 Å². The first kappa shape index (κ1) is 31.2. The smallest absolute Gasteiger partial charge is 0.238 e. The quantitative estimate of drug-likeness (QED) is 0.181. The summed E-state index contributed by atoms with van der Waals surface area (Å²) in [5.41, 5.74) is 6.31. The largest absolute Gasteiger partial charge is 0.277 e. The van der Waals surface area contributed by atoms with Gasteiger partial charge in [-0.05, 0) is 56.8 Å². The number of benzene rings is 9. The van der Waals surface area contributed by atoms with Crippen LogP contribution in [0.1, 0.15) is 0 Å². The number of nitrogens with zero attached hydrogens (tertiary/aromatic N) is 4. The Morgan fingerprint density at radius 2 is 0.875 bits per heavy atom. The maximum Gasteiger partial charge on any atom is 0.238 e. The fourth-order valence-electron chi connectivity index (χ4n) is 8.53. The van der Waals surface area contributed by atoms with Gasteiger partial charge in [-0.15, -0.1) is 11.3 Å². The Kier molecular flexibility index (Phi) is 6.76. The number of hydrogen-bond donors (Lipinski definition) is 0. The van der Waals surface area contributed by atoms with Crippen molar-refractivity contribution in [3.8, 4) is 39.9 Å². The highest BCUT2D eigenvalue weighted by Crippen LogP contribution is 2.43. The average Bonchev–Trinajstić information content (AvgIpc) is 3.82. The molecule has 0 radical (unpaired) electrons. The minimum Gasteiger partial charge on any atom is -0.277 e. The van der Waals surface area contributed by atoms with Crippen molar-refractivity contribution < 1.29 is 0 Å². The molecule has 0 bridgehead atoms. The van der Waals surface area contributed by atoms with Gasteiger partial charge in [0.25, 0.3) is 0 Å². The van der Waals surface area contributed by atoms with E-state index >= 15 is 0 Å². The molecule has 9 aromatic carbocycles. The number of thiophene rings is 1. The second-order valence-corrected chi connectivity index (χ2v) is 15.5. The molecule has 12 aromatic rings. The summed E-state index contributed by atoms with van der Waals surface area (Å²) in [6.07, 6.45) is 0. The van der Waals surface area contributed by atoms with Crippen LogP contribution in [0.5, 0.6) is 0 Å². The standard InChI is InChI=1S/C51H30N4S/c1-3-13-34-28-37(22-20-31(34)10-1)49-52-50(38-23-21-32-11-2-4-14-35(32)29-38)54-51(53-49)55-47-39-15-6-5-12-33(39)24-27-44(47)43-18-9-17-40(48(43)55)36-25-26-42-41-16-7-8-19-45(41)56-46(42)30-36/h1-30H. The van der Waals surface area contributed by atoms with Crippen molar-refractivity contribution in [3.05, 3.63) is 182 Å². The van der Waals surface area contributed by atoms with Crippen LogP contribution in [0.4, 0.5) is 0 Å². The number of fused-ring (bicyclic) bond motifs is 10. The lowest BCUT2D eigenvalue weighted by molar-refractivity contribution is 0.956. The normalized spacial score (nSPS) is 11.9. The molecule has 0 spiro atoms. The number of aromatic nitrogens is 4. The summed E-state index contributed by atoms with van der Waals surface area (Å²) in [7, 11) is 0. The highest BCUT2D eigenvalue weighted by Gasteiger charge is 2.22. The second kappa shape index (κ2) is 12.2. The van der Waals surface area contributed by atoms with Crippen LogP contribution in [-0.2, 0) is 0 Å². The highest BCUT2D eigenvalue weighted by molar-refractivity contribution is 7.25. The SMILES string of the molecule is c1ccc2cc(-c3nc(-c4ccc5ccccc5c4)nc(-n4c5c(-c6ccc7c(c6)sc6ccccc67)cccc5c5ccc6ccccc6c54)n3)ccc2c1. The van der Waals surface area contributed by atoms with Gasteiger partial charge in [-0.3, -0.25) is 4.57 Å². The summed E-state index contributed by atoms with van der Waals surface area (Å²) in [5.74, 6) is 1.84. The zero-order valence-electron chi connectivity index (χ0n) is 30.0. The molecule has 0 amide bonds. The summed E-state index contributed by atoms with van der Waals surface area (Å²) in [4.78, 5) is 16.0. The van der Waals surface area contributed by atoms with Gasteiger partial charge in [-0.1, -0.05) is 158 Å². The van der Waals surface area contributed by atoms with E-state index in [1.165, 1.54) is 30.9 Å². The lowest BCUT2D eigenvalue weighted by Gasteiger charge is -2.14. The van der Waals surface area contributed by atoms with E-state index in [0.29, 0.717) is 17.6 Å². The molecule has 3 heterocycles. The van der Waals surface area contributed by atoms with Gasteiger partial charge in [0, 0.05) is 53.0 Å². The van der Waals surface area contributed by atoms with Gasteiger partial charge in [0.2, 0.25) is 5.95 Å². The predicted molar refractivity (Wildman–Crippen MR) is 236 cm³/mol. The lowest BCUT2D eigenvalue weighted by atomic mass is 10.00. The van der Waals surface area contributed by atoms with E-state index in [2.05, 4.69) is 187 Å². The molecule has 0 saturated carbocycles. The number of rotatable bonds is 4. The number of hydrogen-bond acceptors (Lipinski definition) is 4. The molecule has 3 aromatic heterocycles. The van der Waals surface area contributed by atoms with Crippen LogP contribution in [-0.4, -0.2) is 19.5 Å². The van der Waals surface area contributed by atoms with Gasteiger partial charge in [0.15, 0.2) is 11.6 Å². The second-order valence-electron chi connectivity index (χ2n) is 14.4. The van der Waals surface area contributed by atoms with Crippen LogP contribution < -0.4 is 0 Å². The van der Waals surface area contributed by atoms with Gasteiger partial charge in [-0.2, -0.15) is 9.97 Å². The average molecular weight is 731 g/mol. The van der Waals surface area contributed by atoms with Crippen LogP contribution in [0.15, 0.2) is 182 Å². The Balaban J connectivity index is 1.19. The van der Waals surface area contributed by atoms with E-state index in [1.807, 2.05) is 11.3 Å². The van der Waals surface area contributed by atoms with Gasteiger partial charge in [0.05, 0.1) is 11.0 Å². The molecule has 4 nitrogen and oxygen atoms in total. The topological polar surface area (TPSA) is 43.6 Å². The minimum atomic E-state index is 0.582. The summed E-state index contributed by atoms with van der Waals surface area (Å²) in [6, 6.07) is 65.1. The predicted octanol–water partition coefficient (Wildman–Crippen LogP) is 13.8.